The van der Waals surface area contributed by atoms with Crippen LogP contribution in [0, 0.1) is 6.92 Å². The van der Waals surface area contributed by atoms with Crippen LogP contribution in [-0.2, 0) is 4.79 Å². The first-order valence-electron chi connectivity index (χ1n) is 9.18. The Bertz CT molecular complexity index is 962. The third-order valence-corrected chi connectivity index (χ3v) is 5.24. The van der Waals surface area contributed by atoms with Crippen LogP contribution in [0.2, 0.25) is 5.02 Å². The molecule has 2 aromatic carbocycles. The Labute approximate surface area is 163 Å². The highest BCUT2D eigenvalue weighted by Crippen LogP contribution is 2.25. The fourth-order valence-corrected chi connectivity index (χ4v) is 3.80. The van der Waals surface area contributed by atoms with E-state index in [1.807, 2.05) is 16.8 Å². The summed E-state index contributed by atoms with van der Waals surface area (Å²) in [6, 6.07) is 13.8. The van der Waals surface area contributed by atoms with Gasteiger partial charge in [0.1, 0.15) is 5.52 Å². The molecule has 1 aliphatic heterocycles. The number of fused-ring (bicyclic) bond motifs is 1. The third kappa shape index (κ3) is 4.12. The van der Waals surface area contributed by atoms with E-state index >= 15 is 0 Å². The smallest absolute Gasteiger partial charge is 0.238 e. The molecule has 27 heavy (non-hydrogen) atoms. The predicted octanol–water partition coefficient (Wildman–Crippen LogP) is 3.67. The summed E-state index contributed by atoms with van der Waals surface area (Å²) in [5.74, 6) is -0.0163. The lowest BCUT2D eigenvalue weighted by Gasteiger charge is -2.31. The van der Waals surface area contributed by atoms with E-state index in [4.69, 9.17) is 11.6 Å². The van der Waals surface area contributed by atoms with Crippen LogP contribution in [0.5, 0.6) is 0 Å². The molecule has 0 unspecified atom stereocenters. The van der Waals surface area contributed by atoms with E-state index in [0.717, 1.165) is 42.7 Å². The van der Waals surface area contributed by atoms with E-state index in [-0.39, 0.29) is 5.91 Å². The molecule has 1 amide bonds. The van der Waals surface area contributed by atoms with Crippen molar-refractivity contribution < 1.29 is 4.79 Å². The minimum Gasteiger partial charge on any atom is -0.325 e. The molecular weight excluding hydrogens is 362 g/mol. The standard InChI is InChI=1S/C20H22ClN5O/c1-14-5-6-19-18(11-14)23-24-26(19)17-7-9-25(10-8-17)13-20(27)22-16-4-2-3-15(21)12-16/h2-6,11-12,17H,7-10,13H2,1H3,(H,22,27). The molecule has 6 nitrogen and oxygen atoms in total. The summed E-state index contributed by atoms with van der Waals surface area (Å²) in [6.45, 7) is 4.17. The van der Waals surface area contributed by atoms with E-state index in [1.54, 1.807) is 12.1 Å². The average Bonchev–Trinajstić information content (AvgIpc) is 3.05. The van der Waals surface area contributed by atoms with Crippen molar-refractivity contribution in [2.75, 3.05) is 25.0 Å². The van der Waals surface area contributed by atoms with Gasteiger partial charge in [0.05, 0.1) is 18.1 Å². The van der Waals surface area contributed by atoms with Gasteiger partial charge < -0.3 is 5.32 Å². The Kier molecular flexibility index (Phi) is 5.09. The molecule has 1 saturated heterocycles. The molecule has 140 valence electrons. The topological polar surface area (TPSA) is 63.1 Å². The number of aryl methyl sites for hydroxylation is 1. The predicted molar refractivity (Wildman–Crippen MR) is 107 cm³/mol. The lowest BCUT2D eigenvalue weighted by molar-refractivity contribution is -0.117. The second kappa shape index (κ2) is 7.66. The van der Waals surface area contributed by atoms with Gasteiger partial charge in [-0.3, -0.25) is 9.69 Å². The van der Waals surface area contributed by atoms with Crippen molar-refractivity contribution in [2.45, 2.75) is 25.8 Å². The van der Waals surface area contributed by atoms with E-state index in [0.29, 0.717) is 17.6 Å². The van der Waals surface area contributed by atoms with Crippen molar-refractivity contribution >= 4 is 34.2 Å². The summed E-state index contributed by atoms with van der Waals surface area (Å²) in [5, 5.41) is 12.2. The lowest BCUT2D eigenvalue weighted by atomic mass is 10.0. The summed E-state index contributed by atoms with van der Waals surface area (Å²) < 4.78 is 2.04. The van der Waals surface area contributed by atoms with Crippen molar-refractivity contribution in [3.8, 4) is 0 Å². The number of amides is 1. The molecule has 1 N–H and O–H groups in total. The molecule has 0 radical (unpaired) electrons. The minimum absolute atomic E-state index is 0.0163. The summed E-state index contributed by atoms with van der Waals surface area (Å²) in [5.41, 5.74) is 3.94. The molecule has 1 aromatic heterocycles. The zero-order chi connectivity index (χ0) is 18.8. The Morgan fingerprint density at radius 1 is 1.22 bits per heavy atom. The zero-order valence-corrected chi connectivity index (χ0v) is 16.0. The van der Waals surface area contributed by atoms with E-state index in [9.17, 15) is 4.79 Å². The largest absolute Gasteiger partial charge is 0.325 e. The van der Waals surface area contributed by atoms with Crippen LogP contribution in [0.15, 0.2) is 42.5 Å². The van der Waals surface area contributed by atoms with Gasteiger partial charge in [0, 0.05) is 23.8 Å². The van der Waals surface area contributed by atoms with Gasteiger partial charge >= 0.3 is 0 Å². The van der Waals surface area contributed by atoms with Gasteiger partial charge in [-0.05, 0) is 55.7 Å². The van der Waals surface area contributed by atoms with Crippen molar-refractivity contribution in [1.29, 1.82) is 0 Å². The first-order valence-corrected chi connectivity index (χ1v) is 9.55. The van der Waals surface area contributed by atoms with Gasteiger partial charge in [0.2, 0.25) is 5.91 Å². The normalized spacial score (nSPS) is 15.9. The summed E-state index contributed by atoms with van der Waals surface area (Å²) >= 11 is 5.96. The number of hydrogen-bond donors (Lipinski definition) is 1. The molecule has 0 atom stereocenters. The number of piperidine rings is 1. The summed E-state index contributed by atoms with van der Waals surface area (Å²) in [4.78, 5) is 14.5. The second-order valence-corrected chi connectivity index (χ2v) is 7.53. The fraction of sp³-hybridized carbons (Fsp3) is 0.350. The van der Waals surface area contributed by atoms with E-state index < -0.39 is 0 Å². The molecule has 0 spiro atoms. The van der Waals surface area contributed by atoms with Crippen molar-refractivity contribution in [1.82, 2.24) is 19.9 Å². The number of carbonyl (C=O) groups is 1. The maximum absolute atomic E-state index is 12.3. The molecule has 4 rings (SSSR count). The van der Waals surface area contributed by atoms with Crippen LogP contribution in [0.3, 0.4) is 0 Å². The highest BCUT2D eigenvalue weighted by molar-refractivity contribution is 6.30. The van der Waals surface area contributed by atoms with E-state index in [1.165, 1.54) is 5.56 Å². The van der Waals surface area contributed by atoms with Crippen molar-refractivity contribution in [3.63, 3.8) is 0 Å². The average molecular weight is 384 g/mol. The molecular formula is C20H22ClN5O. The van der Waals surface area contributed by atoms with Crippen LogP contribution < -0.4 is 5.32 Å². The monoisotopic (exact) mass is 383 g/mol. The molecule has 0 aliphatic carbocycles. The minimum atomic E-state index is -0.0163. The lowest BCUT2D eigenvalue weighted by Crippen LogP contribution is -2.39. The molecule has 2 heterocycles. The van der Waals surface area contributed by atoms with Crippen LogP contribution in [0.4, 0.5) is 5.69 Å². The number of anilines is 1. The number of halogens is 1. The Hall–Kier alpha value is -2.44. The SMILES string of the molecule is Cc1ccc2c(c1)nnn2C1CCN(CC(=O)Nc2cccc(Cl)c2)CC1. The summed E-state index contributed by atoms with van der Waals surface area (Å²) in [7, 11) is 0. The first-order chi connectivity index (χ1) is 13.1. The van der Waals surface area contributed by atoms with Gasteiger partial charge in [-0.2, -0.15) is 0 Å². The number of carbonyl (C=O) groups excluding carboxylic acids is 1. The number of aromatic nitrogens is 3. The van der Waals surface area contributed by atoms with Gasteiger partial charge in [0.25, 0.3) is 0 Å². The van der Waals surface area contributed by atoms with Crippen molar-refractivity contribution in [2.24, 2.45) is 0 Å². The van der Waals surface area contributed by atoms with Gasteiger partial charge in [0.15, 0.2) is 0 Å². The maximum atomic E-state index is 12.3. The molecule has 3 aromatic rings. The quantitative estimate of drug-likeness (QED) is 0.746. The zero-order valence-electron chi connectivity index (χ0n) is 15.2. The number of benzene rings is 2. The van der Waals surface area contributed by atoms with Gasteiger partial charge in [-0.25, -0.2) is 4.68 Å². The molecule has 0 saturated carbocycles. The number of nitrogens with one attached hydrogen (secondary N) is 1. The number of nitrogens with zero attached hydrogens (tertiary/aromatic N) is 4. The third-order valence-electron chi connectivity index (χ3n) is 5.01. The Morgan fingerprint density at radius 2 is 2.04 bits per heavy atom. The summed E-state index contributed by atoms with van der Waals surface area (Å²) in [6.07, 6.45) is 1.91. The first kappa shape index (κ1) is 17.9. The van der Waals surface area contributed by atoms with Gasteiger partial charge in [-0.1, -0.05) is 28.9 Å². The highest BCUT2D eigenvalue weighted by atomic mass is 35.5. The maximum Gasteiger partial charge on any atom is 0.238 e. The fourth-order valence-electron chi connectivity index (χ4n) is 3.61. The Balaban J connectivity index is 1.34. The van der Waals surface area contributed by atoms with Crippen LogP contribution in [-0.4, -0.2) is 45.4 Å². The molecule has 1 fully saturated rings. The Morgan fingerprint density at radius 3 is 2.81 bits per heavy atom. The molecule has 1 aliphatic rings. The molecule has 0 bridgehead atoms. The van der Waals surface area contributed by atoms with E-state index in [2.05, 4.69) is 45.7 Å². The van der Waals surface area contributed by atoms with Gasteiger partial charge in [-0.15, -0.1) is 5.10 Å². The second-order valence-electron chi connectivity index (χ2n) is 7.09. The number of hydrogen-bond acceptors (Lipinski definition) is 4. The van der Waals surface area contributed by atoms with Crippen LogP contribution in [0.25, 0.3) is 11.0 Å². The van der Waals surface area contributed by atoms with Crippen molar-refractivity contribution in [3.05, 3.63) is 53.1 Å². The number of rotatable bonds is 4. The highest BCUT2D eigenvalue weighted by Gasteiger charge is 2.24. The van der Waals surface area contributed by atoms with Crippen LogP contribution >= 0.6 is 11.6 Å². The molecule has 7 heteroatoms. The number of likely N-dealkylation sites (tertiary alicyclic amines) is 1. The van der Waals surface area contributed by atoms with Crippen LogP contribution in [0.1, 0.15) is 24.4 Å².